The van der Waals surface area contributed by atoms with E-state index in [4.69, 9.17) is 9.26 Å². The average Bonchev–Trinajstić information content (AvgIpc) is 3.39. The SMILES string of the molecule is O=C(c1ccno1)N1Cc2ccccc2NCc2ccccc2OC[C@@H]1Cc1ccccc1. The fourth-order valence-electron chi connectivity index (χ4n) is 4.16. The predicted molar refractivity (Wildman–Crippen MR) is 126 cm³/mol. The number of carbonyl (C=O) groups is 1. The van der Waals surface area contributed by atoms with Crippen molar-refractivity contribution < 1.29 is 14.1 Å². The topological polar surface area (TPSA) is 67.6 Å². The summed E-state index contributed by atoms with van der Waals surface area (Å²) in [5.74, 6) is 0.822. The van der Waals surface area contributed by atoms with E-state index in [2.05, 4.69) is 28.7 Å². The van der Waals surface area contributed by atoms with Crippen LogP contribution in [0.2, 0.25) is 0 Å². The second-order valence-electron chi connectivity index (χ2n) is 8.08. The maximum absolute atomic E-state index is 13.6. The Morgan fingerprint density at radius 2 is 1.70 bits per heavy atom. The second kappa shape index (κ2) is 9.61. The van der Waals surface area contributed by atoms with Gasteiger partial charge in [-0.15, -0.1) is 0 Å². The predicted octanol–water partition coefficient (Wildman–Crippen LogP) is 4.93. The van der Waals surface area contributed by atoms with Gasteiger partial charge in [0.15, 0.2) is 0 Å². The number of amides is 1. The van der Waals surface area contributed by atoms with Crippen molar-refractivity contribution in [3.8, 4) is 5.75 Å². The number of hydrogen-bond acceptors (Lipinski definition) is 5. The zero-order valence-corrected chi connectivity index (χ0v) is 18.2. The van der Waals surface area contributed by atoms with Gasteiger partial charge in [-0.1, -0.05) is 71.9 Å². The summed E-state index contributed by atoms with van der Waals surface area (Å²) in [6.45, 7) is 1.40. The van der Waals surface area contributed by atoms with Gasteiger partial charge < -0.3 is 19.5 Å². The van der Waals surface area contributed by atoms with Gasteiger partial charge in [0.05, 0.1) is 12.2 Å². The maximum atomic E-state index is 13.6. The molecule has 0 unspecified atom stereocenters. The van der Waals surface area contributed by atoms with Crippen LogP contribution < -0.4 is 10.1 Å². The first-order valence-corrected chi connectivity index (χ1v) is 11.1. The minimum Gasteiger partial charge on any atom is -0.491 e. The Hall–Kier alpha value is -4.06. The molecule has 0 bridgehead atoms. The zero-order chi connectivity index (χ0) is 22.5. The molecular weight excluding hydrogens is 414 g/mol. The van der Waals surface area contributed by atoms with E-state index in [1.54, 1.807) is 6.07 Å². The molecule has 6 heteroatoms. The highest BCUT2D eigenvalue weighted by Crippen LogP contribution is 2.27. The first-order valence-electron chi connectivity index (χ1n) is 11.1. The number of aromatic nitrogens is 1. The summed E-state index contributed by atoms with van der Waals surface area (Å²) in [5, 5.41) is 7.27. The molecule has 1 N–H and O–H groups in total. The van der Waals surface area contributed by atoms with Crippen LogP contribution in [0.1, 0.15) is 27.2 Å². The fraction of sp³-hybridized carbons (Fsp3) is 0.185. The standard InChI is InChI=1S/C27H25N3O3/c31-27(26-14-15-29-33-26)30-18-22-11-4-6-12-24(22)28-17-21-10-5-7-13-25(21)32-19-23(30)16-20-8-2-1-3-9-20/h1-15,23,28H,16-19H2/t23-/m0/s1. The molecule has 4 aromatic rings. The lowest BCUT2D eigenvalue weighted by atomic mass is 10.0. The molecule has 0 radical (unpaired) electrons. The normalized spacial score (nSPS) is 15.9. The van der Waals surface area contributed by atoms with Crippen molar-refractivity contribution in [1.29, 1.82) is 0 Å². The van der Waals surface area contributed by atoms with Gasteiger partial charge in [0.25, 0.3) is 5.91 Å². The molecule has 6 nitrogen and oxygen atoms in total. The molecule has 0 aliphatic carbocycles. The van der Waals surface area contributed by atoms with Crippen molar-refractivity contribution in [2.75, 3.05) is 11.9 Å². The van der Waals surface area contributed by atoms with Crippen molar-refractivity contribution >= 4 is 11.6 Å². The minimum absolute atomic E-state index is 0.209. The third kappa shape index (κ3) is 4.75. The minimum atomic E-state index is -0.218. The quantitative estimate of drug-likeness (QED) is 0.490. The summed E-state index contributed by atoms with van der Waals surface area (Å²) in [6, 6.07) is 27.7. The number of carbonyl (C=O) groups excluding carboxylic acids is 1. The third-order valence-electron chi connectivity index (χ3n) is 5.90. The van der Waals surface area contributed by atoms with Crippen LogP contribution >= 0.6 is 0 Å². The van der Waals surface area contributed by atoms with Crippen molar-refractivity contribution in [2.45, 2.75) is 25.6 Å². The molecular formula is C27H25N3O3. The van der Waals surface area contributed by atoms with Crippen LogP contribution in [0.3, 0.4) is 0 Å². The molecule has 1 aromatic heterocycles. The lowest BCUT2D eigenvalue weighted by Gasteiger charge is -2.32. The highest BCUT2D eigenvalue weighted by Gasteiger charge is 2.29. The molecule has 0 saturated carbocycles. The van der Waals surface area contributed by atoms with E-state index in [9.17, 15) is 4.79 Å². The van der Waals surface area contributed by atoms with Gasteiger partial charge in [-0.3, -0.25) is 4.79 Å². The maximum Gasteiger partial charge on any atom is 0.293 e. The van der Waals surface area contributed by atoms with E-state index in [1.165, 1.54) is 6.20 Å². The van der Waals surface area contributed by atoms with Crippen LogP contribution in [-0.4, -0.2) is 28.6 Å². The number of nitrogens with one attached hydrogen (secondary N) is 1. The van der Waals surface area contributed by atoms with E-state index in [-0.39, 0.29) is 17.7 Å². The summed E-state index contributed by atoms with van der Waals surface area (Å²) < 4.78 is 11.6. The third-order valence-corrected chi connectivity index (χ3v) is 5.90. The van der Waals surface area contributed by atoms with Gasteiger partial charge in [-0.25, -0.2) is 0 Å². The van der Waals surface area contributed by atoms with Gasteiger partial charge in [-0.05, 0) is 29.7 Å². The molecule has 1 atom stereocenters. The van der Waals surface area contributed by atoms with Crippen molar-refractivity contribution in [2.24, 2.45) is 0 Å². The molecule has 5 rings (SSSR count). The molecule has 0 spiro atoms. The Morgan fingerprint density at radius 1 is 0.939 bits per heavy atom. The van der Waals surface area contributed by atoms with E-state index in [1.807, 2.05) is 65.6 Å². The molecule has 0 saturated heterocycles. The Bertz CT molecular complexity index is 1210. The molecule has 33 heavy (non-hydrogen) atoms. The Morgan fingerprint density at radius 3 is 2.52 bits per heavy atom. The Kier molecular flexibility index (Phi) is 6.06. The second-order valence-corrected chi connectivity index (χ2v) is 8.08. The van der Waals surface area contributed by atoms with Crippen LogP contribution in [0.5, 0.6) is 5.75 Å². The molecule has 1 amide bonds. The zero-order valence-electron chi connectivity index (χ0n) is 18.2. The molecule has 0 fully saturated rings. The molecule has 2 heterocycles. The van der Waals surface area contributed by atoms with E-state index in [0.29, 0.717) is 26.1 Å². The Balaban J connectivity index is 1.58. The molecule has 1 aliphatic heterocycles. The first-order chi connectivity index (χ1) is 16.3. The summed E-state index contributed by atoms with van der Waals surface area (Å²) >= 11 is 0. The number of para-hydroxylation sites is 2. The van der Waals surface area contributed by atoms with Crippen LogP contribution in [0.25, 0.3) is 0 Å². The first kappa shape index (κ1) is 20.8. The Labute approximate surface area is 192 Å². The van der Waals surface area contributed by atoms with Crippen molar-refractivity contribution in [3.63, 3.8) is 0 Å². The van der Waals surface area contributed by atoms with Gasteiger partial charge >= 0.3 is 0 Å². The lowest BCUT2D eigenvalue weighted by Crippen LogP contribution is -2.44. The summed E-state index contributed by atoms with van der Waals surface area (Å²) in [6.07, 6.45) is 2.15. The fourth-order valence-corrected chi connectivity index (χ4v) is 4.16. The van der Waals surface area contributed by atoms with Crippen molar-refractivity contribution in [1.82, 2.24) is 10.1 Å². The number of fused-ring (bicyclic) bond motifs is 2. The summed E-state index contributed by atoms with van der Waals surface area (Å²) in [4.78, 5) is 15.4. The number of hydrogen-bond donors (Lipinski definition) is 1. The van der Waals surface area contributed by atoms with E-state index < -0.39 is 0 Å². The van der Waals surface area contributed by atoms with Gasteiger partial charge in [0.1, 0.15) is 12.4 Å². The van der Waals surface area contributed by atoms with Crippen molar-refractivity contribution in [3.05, 3.63) is 114 Å². The van der Waals surface area contributed by atoms with Crippen LogP contribution in [0.15, 0.2) is 95.6 Å². The number of rotatable bonds is 3. The van der Waals surface area contributed by atoms with Gasteiger partial charge in [0, 0.05) is 30.4 Å². The molecule has 166 valence electrons. The van der Waals surface area contributed by atoms with E-state index >= 15 is 0 Å². The molecule has 1 aliphatic rings. The number of anilines is 1. The lowest BCUT2D eigenvalue weighted by molar-refractivity contribution is 0.0550. The highest BCUT2D eigenvalue weighted by molar-refractivity contribution is 5.91. The molecule has 3 aromatic carbocycles. The van der Waals surface area contributed by atoms with Gasteiger partial charge in [0.2, 0.25) is 5.76 Å². The monoisotopic (exact) mass is 439 g/mol. The van der Waals surface area contributed by atoms with Gasteiger partial charge in [-0.2, -0.15) is 0 Å². The number of ether oxygens (including phenoxy) is 1. The number of nitrogens with zero attached hydrogens (tertiary/aromatic N) is 2. The highest BCUT2D eigenvalue weighted by atomic mass is 16.5. The van der Waals surface area contributed by atoms with Crippen LogP contribution in [-0.2, 0) is 19.5 Å². The van der Waals surface area contributed by atoms with E-state index in [0.717, 1.165) is 28.1 Å². The number of benzene rings is 3. The largest absolute Gasteiger partial charge is 0.491 e. The van der Waals surface area contributed by atoms with Crippen LogP contribution in [0, 0.1) is 0 Å². The summed E-state index contributed by atoms with van der Waals surface area (Å²) in [7, 11) is 0. The average molecular weight is 440 g/mol. The van der Waals surface area contributed by atoms with Crippen LogP contribution in [0.4, 0.5) is 5.69 Å². The summed E-state index contributed by atoms with van der Waals surface area (Å²) in [5.41, 5.74) is 4.22. The smallest absolute Gasteiger partial charge is 0.293 e.